The summed E-state index contributed by atoms with van der Waals surface area (Å²) >= 11 is 0. The molecule has 0 saturated carbocycles. The van der Waals surface area contributed by atoms with Crippen LogP contribution in [0.3, 0.4) is 0 Å². The average molecular weight is 395 g/mol. The van der Waals surface area contributed by atoms with Crippen molar-refractivity contribution in [3.63, 3.8) is 0 Å². The number of hydrogen-bond acceptors (Lipinski definition) is 5. The average Bonchev–Trinajstić information content (AvgIpc) is 3.02. The zero-order valence-corrected chi connectivity index (χ0v) is 15.9. The maximum Gasteiger partial charge on any atom is 0.411 e. The molecule has 0 atom stereocenters. The lowest BCUT2D eigenvalue weighted by molar-refractivity contribution is -0.139. The first kappa shape index (κ1) is 20.1. The van der Waals surface area contributed by atoms with E-state index in [0.717, 1.165) is 5.56 Å². The SMILES string of the molecule is CCOC(=O)Nc1cccc(C(=O)Nc2ccc(CN3C(=O)CCC3=O)cc2)c1. The third kappa shape index (κ3) is 5.19. The van der Waals surface area contributed by atoms with Gasteiger partial charge in [0, 0.05) is 29.8 Å². The van der Waals surface area contributed by atoms with Crippen molar-refractivity contribution in [3.8, 4) is 0 Å². The minimum atomic E-state index is -0.587. The Morgan fingerprint density at radius 1 is 0.966 bits per heavy atom. The molecule has 2 aromatic carbocycles. The molecule has 0 aromatic heterocycles. The van der Waals surface area contributed by atoms with Gasteiger partial charge in [-0.3, -0.25) is 24.6 Å². The molecule has 0 unspecified atom stereocenters. The fourth-order valence-corrected chi connectivity index (χ4v) is 2.90. The van der Waals surface area contributed by atoms with E-state index in [9.17, 15) is 19.2 Å². The Morgan fingerprint density at radius 3 is 2.31 bits per heavy atom. The van der Waals surface area contributed by atoms with Gasteiger partial charge in [0.2, 0.25) is 11.8 Å². The Morgan fingerprint density at radius 2 is 1.66 bits per heavy atom. The summed E-state index contributed by atoms with van der Waals surface area (Å²) in [6.07, 6.45) is -0.0654. The molecule has 1 fully saturated rings. The molecule has 4 amide bonds. The largest absolute Gasteiger partial charge is 0.450 e. The topological polar surface area (TPSA) is 105 Å². The molecule has 0 bridgehead atoms. The summed E-state index contributed by atoms with van der Waals surface area (Å²) in [7, 11) is 0. The first-order valence-electron chi connectivity index (χ1n) is 9.23. The standard InChI is InChI=1S/C21H21N3O5/c1-2-29-21(28)23-17-5-3-4-15(12-17)20(27)22-16-8-6-14(7-9-16)13-24-18(25)10-11-19(24)26/h3-9,12H,2,10-11,13H2,1H3,(H,22,27)(H,23,28). The summed E-state index contributed by atoms with van der Waals surface area (Å²) in [4.78, 5) is 48.6. The monoisotopic (exact) mass is 395 g/mol. The maximum atomic E-state index is 12.5. The van der Waals surface area contributed by atoms with Crippen molar-refractivity contribution in [1.29, 1.82) is 0 Å². The molecule has 1 saturated heterocycles. The number of carbonyl (C=O) groups is 4. The number of nitrogens with zero attached hydrogens (tertiary/aromatic N) is 1. The number of amides is 4. The highest BCUT2D eigenvalue weighted by Gasteiger charge is 2.28. The van der Waals surface area contributed by atoms with Crippen LogP contribution in [0.4, 0.5) is 16.2 Å². The van der Waals surface area contributed by atoms with Crippen LogP contribution >= 0.6 is 0 Å². The molecule has 8 heteroatoms. The quantitative estimate of drug-likeness (QED) is 0.731. The van der Waals surface area contributed by atoms with Crippen LogP contribution in [0.15, 0.2) is 48.5 Å². The Hall–Kier alpha value is -3.68. The predicted octanol–water partition coefficient (Wildman–Crippen LogP) is 3.16. The highest BCUT2D eigenvalue weighted by Crippen LogP contribution is 2.18. The Kier molecular flexibility index (Phi) is 6.23. The van der Waals surface area contributed by atoms with Crippen molar-refractivity contribution in [1.82, 2.24) is 4.90 Å². The van der Waals surface area contributed by atoms with Crippen LogP contribution in [0.2, 0.25) is 0 Å². The molecule has 0 aliphatic carbocycles. The Bertz CT molecular complexity index is 924. The van der Waals surface area contributed by atoms with Gasteiger partial charge < -0.3 is 10.1 Å². The first-order valence-corrected chi connectivity index (χ1v) is 9.23. The van der Waals surface area contributed by atoms with Gasteiger partial charge in [-0.15, -0.1) is 0 Å². The predicted molar refractivity (Wildman–Crippen MR) is 106 cm³/mol. The fraction of sp³-hybridized carbons (Fsp3) is 0.238. The van der Waals surface area contributed by atoms with Crippen LogP contribution in [0.5, 0.6) is 0 Å². The van der Waals surface area contributed by atoms with E-state index in [1.807, 2.05) is 0 Å². The van der Waals surface area contributed by atoms with Gasteiger partial charge in [-0.05, 0) is 42.8 Å². The van der Waals surface area contributed by atoms with Crippen LogP contribution in [0.1, 0.15) is 35.7 Å². The number of carbonyl (C=O) groups excluding carboxylic acids is 4. The van der Waals surface area contributed by atoms with E-state index in [1.165, 1.54) is 4.90 Å². The molecule has 2 aromatic rings. The second-order valence-electron chi connectivity index (χ2n) is 6.45. The van der Waals surface area contributed by atoms with Crippen molar-refractivity contribution in [3.05, 3.63) is 59.7 Å². The number of ether oxygens (including phenoxy) is 1. The van der Waals surface area contributed by atoms with Gasteiger partial charge in [-0.25, -0.2) is 4.79 Å². The summed E-state index contributed by atoms with van der Waals surface area (Å²) in [5.74, 6) is -0.664. The third-order valence-electron chi connectivity index (χ3n) is 4.35. The van der Waals surface area contributed by atoms with Crippen LogP contribution < -0.4 is 10.6 Å². The van der Waals surface area contributed by atoms with E-state index < -0.39 is 6.09 Å². The fourth-order valence-electron chi connectivity index (χ4n) is 2.90. The van der Waals surface area contributed by atoms with E-state index >= 15 is 0 Å². The molecular weight excluding hydrogens is 374 g/mol. The van der Waals surface area contributed by atoms with Gasteiger partial charge in [-0.1, -0.05) is 18.2 Å². The number of nitrogens with one attached hydrogen (secondary N) is 2. The van der Waals surface area contributed by atoms with Gasteiger partial charge in [0.25, 0.3) is 5.91 Å². The van der Waals surface area contributed by atoms with Gasteiger partial charge in [0.05, 0.1) is 13.2 Å². The van der Waals surface area contributed by atoms with Gasteiger partial charge in [0.1, 0.15) is 0 Å². The van der Waals surface area contributed by atoms with Gasteiger partial charge in [0.15, 0.2) is 0 Å². The van der Waals surface area contributed by atoms with E-state index in [0.29, 0.717) is 16.9 Å². The lowest BCUT2D eigenvalue weighted by atomic mass is 10.1. The lowest BCUT2D eigenvalue weighted by Gasteiger charge is -2.14. The van der Waals surface area contributed by atoms with Crippen molar-refractivity contribution >= 4 is 35.2 Å². The number of anilines is 2. The van der Waals surface area contributed by atoms with Crippen LogP contribution in [-0.2, 0) is 20.9 Å². The molecule has 29 heavy (non-hydrogen) atoms. The summed E-state index contributed by atoms with van der Waals surface area (Å²) in [6.45, 7) is 2.19. The van der Waals surface area contributed by atoms with Gasteiger partial charge >= 0.3 is 6.09 Å². The summed E-state index contributed by atoms with van der Waals surface area (Å²) in [5, 5.41) is 5.32. The normalized spacial score (nSPS) is 13.3. The van der Waals surface area contributed by atoms with Crippen LogP contribution in [-0.4, -0.2) is 35.3 Å². The van der Waals surface area contributed by atoms with Gasteiger partial charge in [-0.2, -0.15) is 0 Å². The summed E-state index contributed by atoms with van der Waals surface area (Å²) < 4.78 is 4.82. The van der Waals surface area contributed by atoms with E-state index in [-0.39, 0.29) is 43.7 Å². The van der Waals surface area contributed by atoms with Crippen molar-refractivity contribution in [2.45, 2.75) is 26.3 Å². The minimum absolute atomic E-state index is 0.163. The lowest BCUT2D eigenvalue weighted by Crippen LogP contribution is -2.28. The van der Waals surface area contributed by atoms with E-state index in [1.54, 1.807) is 55.5 Å². The Labute approximate surface area is 167 Å². The number of benzene rings is 2. The number of rotatable bonds is 6. The highest BCUT2D eigenvalue weighted by atomic mass is 16.5. The molecular formula is C21H21N3O5. The van der Waals surface area contributed by atoms with Crippen LogP contribution in [0.25, 0.3) is 0 Å². The zero-order chi connectivity index (χ0) is 20.8. The molecule has 1 aliphatic rings. The van der Waals surface area contributed by atoms with Crippen molar-refractivity contribution < 1.29 is 23.9 Å². The van der Waals surface area contributed by atoms with E-state index in [4.69, 9.17) is 4.74 Å². The van der Waals surface area contributed by atoms with Crippen molar-refractivity contribution in [2.75, 3.05) is 17.2 Å². The minimum Gasteiger partial charge on any atom is -0.450 e. The molecule has 0 radical (unpaired) electrons. The molecule has 8 nitrogen and oxygen atoms in total. The maximum absolute atomic E-state index is 12.5. The molecule has 150 valence electrons. The Balaban J connectivity index is 1.61. The number of likely N-dealkylation sites (tertiary alicyclic amines) is 1. The number of hydrogen-bond donors (Lipinski definition) is 2. The first-order chi connectivity index (χ1) is 14.0. The zero-order valence-electron chi connectivity index (χ0n) is 15.9. The van der Waals surface area contributed by atoms with E-state index in [2.05, 4.69) is 10.6 Å². The highest BCUT2D eigenvalue weighted by molar-refractivity contribution is 6.05. The van der Waals surface area contributed by atoms with Crippen LogP contribution in [0, 0.1) is 0 Å². The molecule has 3 rings (SSSR count). The smallest absolute Gasteiger partial charge is 0.411 e. The molecule has 1 heterocycles. The second-order valence-corrected chi connectivity index (χ2v) is 6.45. The summed E-state index contributed by atoms with van der Waals surface area (Å²) in [6, 6.07) is 13.4. The molecule has 1 aliphatic heterocycles. The third-order valence-corrected chi connectivity index (χ3v) is 4.35. The molecule has 2 N–H and O–H groups in total. The summed E-state index contributed by atoms with van der Waals surface area (Å²) in [5.41, 5.74) is 2.19. The van der Waals surface area contributed by atoms with Crippen molar-refractivity contribution in [2.24, 2.45) is 0 Å². The molecule has 0 spiro atoms. The number of imide groups is 1. The second kappa shape index (κ2) is 9.01.